The molecule has 0 spiro atoms. The van der Waals surface area contributed by atoms with E-state index in [0.29, 0.717) is 19.3 Å². The van der Waals surface area contributed by atoms with Crippen molar-refractivity contribution in [1.82, 2.24) is 5.32 Å². The third-order valence-corrected chi connectivity index (χ3v) is 2.59. The minimum Gasteiger partial charge on any atom is -0.465 e. The lowest BCUT2D eigenvalue weighted by Gasteiger charge is -2.32. The van der Waals surface area contributed by atoms with Gasteiger partial charge in [0, 0.05) is 18.1 Å². The largest absolute Gasteiger partial charge is 0.465 e. The molecule has 0 aromatic heterocycles. The van der Waals surface area contributed by atoms with Crippen LogP contribution in [0.15, 0.2) is 5.11 Å². The molecule has 2 N–H and O–H groups in total. The molecule has 84 valence electrons. The van der Waals surface area contributed by atoms with E-state index in [1.54, 1.807) is 0 Å². The van der Waals surface area contributed by atoms with Gasteiger partial charge in [-0.15, -0.1) is 0 Å². The monoisotopic (exact) mass is 214 g/mol. The van der Waals surface area contributed by atoms with Gasteiger partial charge in [0.2, 0.25) is 0 Å². The summed E-state index contributed by atoms with van der Waals surface area (Å²) >= 11 is 0. The van der Waals surface area contributed by atoms with Gasteiger partial charge < -0.3 is 15.2 Å². The zero-order valence-corrected chi connectivity index (χ0v) is 8.46. The number of azide groups is 1. The molecule has 15 heavy (non-hydrogen) atoms. The van der Waals surface area contributed by atoms with Crippen LogP contribution in [0, 0.1) is 0 Å². The highest BCUT2D eigenvalue weighted by molar-refractivity contribution is 5.64. The molecular weight excluding hydrogens is 200 g/mol. The molecule has 3 atom stereocenters. The minimum absolute atomic E-state index is 0.113. The first-order valence-electron chi connectivity index (χ1n) is 4.73. The minimum atomic E-state index is -1.03. The molecule has 0 unspecified atom stereocenters. The molecular formula is C8H14N4O3. The van der Waals surface area contributed by atoms with Crippen molar-refractivity contribution in [3.8, 4) is 0 Å². The van der Waals surface area contributed by atoms with Gasteiger partial charge in [-0.3, -0.25) is 0 Å². The molecule has 0 bridgehead atoms. The van der Waals surface area contributed by atoms with E-state index in [4.69, 9.17) is 15.4 Å². The molecule has 1 fully saturated rings. The van der Waals surface area contributed by atoms with Crippen LogP contribution in [0.2, 0.25) is 0 Å². The Hall–Kier alpha value is -1.46. The summed E-state index contributed by atoms with van der Waals surface area (Å²) in [6, 6.07) is -0.301. The molecule has 1 saturated carbocycles. The maximum atomic E-state index is 10.4. The normalized spacial score (nSPS) is 30.3. The summed E-state index contributed by atoms with van der Waals surface area (Å²) in [6.07, 6.45) is 0.638. The number of carboxylic acid groups (broad SMARTS) is 1. The topological polar surface area (TPSA) is 107 Å². The smallest absolute Gasteiger partial charge is 0.404 e. The first kappa shape index (κ1) is 11.6. The van der Waals surface area contributed by atoms with Crippen molar-refractivity contribution in [1.29, 1.82) is 0 Å². The van der Waals surface area contributed by atoms with Crippen LogP contribution in [0.25, 0.3) is 10.4 Å². The summed E-state index contributed by atoms with van der Waals surface area (Å²) in [5.74, 6) is 0. The molecule has 7 nitrogen and oxygen atoms in total. The predicted molar refractivity (Wildman–Crippen MR) is 52.5 cm³/mol. The Balaban J connectivity index is 2.54. The van der Waals surface area contributed by atoms with E-state index in [9.17, 15) is 4.79 Å². The van der Waals surface area contributed by atoms with E-state index in [1.807, 2.05) is 0 Å². The van der Waals surface area contributed by atoms with Gasteiger partial charge in [-0.25, -0.2) is 4.79 Å². The highest BCUT2D eigenvalue weighted by Crippen LogP contribution is 2.24. The third kappa shape index (κ3) is 3.30. The molecule has 0 saturated heterocycles. The number of amides is 1. The average Bonchev–Trinajstić information content (AvgIpc) is 2.20. The fourth-order valence-electron chi connectivity index (χ4n) is 1.87. The summed E-state index contributed by atoms with van der Waals surface area (Å²) in [6.45, 7) is 0. The summed E-state index contributed by atoms with van der Waals surface area (Å²) < 4.78 is 5.17. The Morgan fingerprint density at radius 2 is 2.40 bits per heavy atom. The Labute approximate surface area is 87.0 Å². The second-order valence-corrected chi connectivity index (χ2v) is 3.51. The molecule has 7 heteroatoms. The second-order valence-electron chi connectivity index (χ2n) is 3.51. The van der Waals surface area contributed by atoms with Gasteiger partial charge in [-0.05, 0) is 24.8 Å². The van der Waals surface area contributed by atoms with E-state index < -0.39 is 6.09 Å². The number of carbonyl (C=O) groups is 1. The molecule has 0 radical (unpaired) electrons. The maximum absolute atomic E-state index is 10.4. The molecule has 0 aromatic rings. The van der Waals surface area contributed by atoms with Crippen LogP contribution in [0.4, 0.5) is 4.79 Å². The van der Waals surface area contributed by atoms with Crippen LogP contribution in [0.3, 0.4) is 0 Å². The third-order valence-electron chi connectivity index (χ3n) is 2.59. The lowest BCUT2D eigenvalue weighted by Crippen LogP contribution is -2.44. The van der Waals surface area contributed by atoms with Gasteiger partial charge in [-0.1, -0.05) is 5.11 Å². The fourth-order valence-corrected chi connectivity index (χ4v) is 1.87. The van der Waals surface area contributed by atoms with E-state index in [2.05, 4.69) is 15.3 Å². The predicted octanol–water partition coefficient (Wildman–Crippen LogP) is 1.50. The van der Waals surface area contributed by atoms with Crippen molar-refractivity contribution < 1.29 is 14.6 Å². The lowest BCUT2D eigenvalue weighted by molar-refractivity contribution is 0.0432. The number of hydrogen-bond acceptors (Lipinski definition) is 3. The molecule has 1 amide bonds. The van der Waals surface area contributed by atoms with E-state index in [1.165, 1.54) is 7.11 Å². The van der Waals surface area contributed by atoms with Gasteiger partial charge in [0.05, 0.1) is 12.1 Å². The quantitative estimate of drug-likeness (QED) is 0.422. The Kier molecular flexibility index (Phi) is 4.20. The van der Waals surface area contributed by atoms with Gasteiger partial charge in [0.25, 0.3) is 0 Å². The zero-order chi connectivity index (χ0) is 11.3. The van der Waals surface area contributed by atoms with Crippen molar-refractivity contribution in [2.24, 2.45) is 5.11 Å². The van der Waals surface area contributed by atoms with Crippen molar-refractivity contribution in [3.05, 3.63) is 10.4 Å². The van der Waals surface area contributed by atoms with Gasteiger partial charge in [0.15, 0.2) is 0 Å². The van der Waals surface area contributed by atoms with Crippen molar-refractivity contribution in [2.75, 3.05) is 7.11 Å². The van der Waals surface area contributed by atoms with Crippen molar-refractivity contribution in [2.45, 2.75) is 37.5 Å². The molecule has 0 heterocycles. The van der Waals surface area contributed by atoms with Crippen LogP contribution in [0.5, 0.6) is 0 Å². The number of hydrogen-bond donors (Lipinski definition) is 2. The molecule has 0 aromatic carbocycles. The highest BCUT2D eigenvalue weighted by atomic mass is 16.5. The Bertz CT molecular complexity index is 277. The first-order chi connectivity index (χ1) is 7.17. The number of ether oxygens (including phenoxy) is 1. The van der Waals surface area contributed by atoms with E-state index in [0.717, 1.165) is 0 Å². The summed E-state index contributed by atoms with van der Waals surface area (Å²) in [4.78, 5) is 13.2. The lowest BCUT2D eigenvalue weighted by atomic mass is 9.89. The maximum Gasteiger partial charge on any atom is 0.404 e. The summed E-state index contributed by atoms with van der Waals surface area (Å²) in [5.41, 5.74) is 8.34. The average molecular weight is 214 g/mol. The van der Waals surface area contributed by atoms with E-state index >= 15 is 0 Å². The SMILES string of the molecule is CO[C@H]1C[C@@H](NC(=O)O)CC[C@@H]1N=[N+]=[N-]. The summed E-state index contributed by atoms with van der Waals surface area (Å²) in [5, 5.41) is 14.6. The standard InChI is InChI=1S/C8H14N4O3/c1-15-7-4-5(10-8(13)14)2-3-6(7)11-12-9/h5-7,10H,2-4H2,1H3,(H,13,14)/t5-,6-,7-/m0/s1. The van der Waals surface area contributed by atoms with Crippen LogP contribution < -0.4 is 5.32 Å². The molecule has 1 aliphatic carbocycles. The first-order valence-corrected chi connectivity index (χ1v) is 4.73. The molecule has 1 rings (SSSR count). The van der Waals surface area contributed by atoms with Gasteiger partial charge in [0.1, 0.15) is 0 Å². The Morgan fingerprint density at radius 3 is 2.93 bits per heavy atom. The number of nitrogens with zero attached hydrogens (tertiary/aromatic N) is 3. The van der Waals surface area contributed by atoms with Crippen LogP contribution in [0.1, 0.15) is 19.3 Å². The van der Waals surface area contributed by atoms with Crippen molar-refractivity contribution >= 4 is 6.09 Å². The summed E-state index contributed by atoms with van der Waals surface area (Å²) in [7, 11) is 1.54. The fraction of sp³-hybridized carbons (Fsp3) is 0.875. The number of methoxy groups -OCH3 is 1. The van der Waals surface area contributed by atoms with Gasteiger partial charge in [-0.2, -0.15) is 0 Å². The van der Waals surface area contributed by atoms with Crippen LogP contribution in [-0.4, -0.2) is 36.5 Å². The number of rotatable bonds is 3. The van der Waals surface area contributed by atoms with Gasteiger partial charge >= 0.3 is 6.09 Å². The highest BCUT2D eigenvalue weighted by Gasteiger charge is 2.30. The number of nitrogens with one attached hydrogen (secondary N) is 1. The zero-order valence-electron chi connectivity index (χ0n) is 8.46. The second kappa shape index (κ2) is 5.43. The van der Waals surface area contributed by atoms with Crippen molar-refractivity contribution in [3.63, 3.8) is 0 Å². The van der Waals surface area contributed by atoms with Crippen LogP contribution >= 0.6 is 0 Å². The Morgan fingerprint density at radius 1 is 1.67 bits per heavy atom. The molecule has 1 aliphatic rings. The van der Waals surface area contributed by atoms with Crippen LogP contribution in [-0.2, 0) is 4.74 Å². The molecule has 0 aliphatic heterocycles. The van der Waals surface area contributed by atoms with E-state index in [-0.39, 0.29) is 18.2 Å².